The molecule has 1 saturated heterocycles. The van der Waals surface area contributed by atoms with Gasteiger partial charge in [0, 0.05) is 43.9 Å². The molecule has 1 heterocycles. The molecule has 2 nitrogen and oxygen atoms in total. The smallest absolute Gasteiger partial charge is 0.166 e. The zero-order valence-corrected chi connectivity index (χ0v) is 11.9. The lowest BCUT2D eigenvalue weighted by Crippen LogP contribution is -2.45. The molecule has 0 aliphatic carbocycles. The lowest BCUT2D eigenvalue weighted by Gasteiger charge is -2.35. The highest BCUT2D eigenvalue weighted by Crippen LogP contribution is 2.31. The second-order valence-corrected chi connectivity index (χ2v) is 4.59. The molecular formula is C13H17ClF4N2. The van der Waals surface area contributed by atoms with Crippen molar-refractivity contribution in [3.05, 3.63) is 34.9 Å². The van der Waals surface area contributed by atoms with E-state index in [0.29, 0.717) is 32.6 Å². The molecule has 1 aromatic carbocycles. The van der Waals surface area contributed by atoms with Crippen molar-refractivity contribution in [3.63, 3.8) is 0 Å². The predicted molar refractivity (Wildman–Crippen MR) is 71.0 cm³/mol. The van der Waals surface area contributed by atoms with Crippen LogP contribution >= 0.6 is 12.4 Å². The Kier molecular flexibility index (Phi) is 6.23. The largest absolute Gasteiger partial charge is 0.314 e. The maximum atomic E-state index is 13.8. The Morgan fingerprint density at radius 2 is 1.60 bits per heavy atom. The molecular weight excluding hydrogens is 296 g/mol. The van der Waals surface area contributed by atoms with Gasteiger partial charge in [-0.1, -0.05) is 6.92 Å². The van der Waals surface area contributed by atoms with Crippen LogP contribution < -0.4 is 5.32 Å². The highest BCUT2D eigenvalue weighted by atomic mass is 35.5. The molecule has 0 unspecified atom stereocenters. The van der Waals surface area contributed by atoms with Gasteiger partial charge in [-0.05, 0) is 6.42 Å². The van der Waals surface area contributed by atoms with Crippen LogP contribution in [0.15, 0.2) is 6.07 Å². The van der Waals surface area contributed by atoms with Crippen molar-refractivity contribution in [1.82, 2.24) is 10.2 Å². The highest BCUT2D eigenvalue weighted by molar-refractivity contribution is 5.85. The van der Waals surface area contributed by atoms with Gasteiger partial charge in [0.1, 0.15) is 0 Å². The third kappa shape index (κ3) is 3.24. The zero-order valence-electron chi connectivity index (χ0n) is 11.1. The van der Waals surface area contributed by atoms with Crippen LogP contribution in [0.5, 0.6) is 0 Å². The second kappa shape index (κ2) is 7.24. The highest BCUT2D eigenvalue weighted by Gasteiger charge is 2.29. The second-order valence-electron chi connectivity index (χ2n) is 4.59. The topological polar surface area (TPSA) is 15.3 Å². The zero-order chi connectivity index (χ0) is 14.0. The number of nitrogens with zero attached hydrogens (tertiary/aromatic N) is 1. The van der Waals surface area contributed by atoms with E-state index in [-0.39, 0.29) is 18.5 Å². The van der Waals surface area contributed by atoms with Gasteiger partial charge in [-0.25, -0.2) is 17.6 Å². The summed E-state index contributed by atoms with van der Waals surface area (Å²) in [4.78, 5) is 1.84. The van der Waals surface area contributed by atoms with E-state index in [4.69, 9.17) is 0 Å². The molecule has 1 fully saturated rings. The lowest BCUT2D eigenvalue weighted by atomic mass is 10.00. The standard InChI is InChI=1S/C13H16F4N2.ClH/c1-2-10(19-5-3-18-4-6-19)11-12(16)8(14)7-9(15)13(11)17;/h7,10,18H,2-6H2,1H3;1H/t10-;/m0./s1. The maximum Gasteiger partial charge on any atom is 0.166 e. The third-order valence-electron chi connectivity index (χ3n) is 3.46. The normalized spacial score (nSPS) is 17.6. The van der Waals surface area contributed by atoms with Gasteiger partial charge < -0.3 is 5.32 Å². The van der Waals surface area contributed by atoms with E-state index in [1.165, 1.54) is 0 Å². The Hall–Kier alpha value is -0.850. The number of nitrogens with one attached hydrogen (secondary N) is 1. The molecule has 20 heavy (non-hydrogen) atoms. The third-order valence-corrected chi connectivity index (χ3v) is 3.46. The van der Waals surface area contributed by atoms with Crippen molar-refractivity contribution in [3.8, 4) is 0 Å². The van der Waals surface area contributed by atoms with Crippen molar-refractivity contribution in [1.29, 1.82) is 0 Å². The molecule has 0 saturated carbocycles. The van der Waals surface area contributed by atoms with Crippen LogP contribution in [0.3, 0.4) is 0 Å². The van der Waals surface area contributed by atoms with E-state index in [1.54, 1.807) is 6.92 Å². The van der Waals surface area contributed by atoms with E-state index in [0.717, 1.165) is 0 Å². The van der Waals surface area contributed by atoms with Gasteiger partial charge in [0.2, 0.25) is 0 Å². The van der Waals surface area contributed by atoms with E-state index >= 15 is 0 Å². The molecule has 114 valence electrons. The SMILES string of the molecule is CC[C@@H](c1c(F)c(F)cc(F)c1F)N1CCNCC1.Cl. The number of hydrogen-bond acceptors (Lipinski definition) is 2. The molecule has 7 heteroatoms. The summed E-state index contributed by atoms with van der Waals surface area (Å²) in [6, 6.07) is -0.397. The van der Waals surface area contributed by atoms with Gasteiger partial charge >= 0.3 is 0 Å². The molecule has 1 atom stereocenters. The molecule has 1 N–H and O–H groups in total. The monoisotopic (exact) mass is 312 g/mol. The first-order chi connectivity index (χ1) is 9.06. The summed E-state index contributed by atoms with van der Waals surface area (Å²) >= 11 is 0. The minimum atomic E-state index is -1.34. The summed E-state index contributed by atoms with van der Waals surface area (Å²) in [7, 11) is 0. The summed E-state index contributed by atoms with van der Waals surface area (Å²) in [5.41, 5.74) is -0.498. The summed E-state index contributed by atoms with van der Waals surface area (Å²) in [6.07, 6.45) is 0.386. The fourth-order valence-corrected chi connectivity index (χ4v) is 2.52. The van der Waals surface area contributed by atoms with Gasteiger partial charge in [0.15, 0.2) is 23.3 Å². The van der Waals surface area contributed by atoms with E-state index in [1.807, 2.05) is 4.90 Å². The van der Waals surface area contributed by atoms with E-state index < -0.39 is 34.9 Å². The quantitative estimate of drug-likeness (QED) is 0.682. The van der Waals surface area contributed by atoms with Gasteiger partial charge in [-0.2, -0.15) is 0 Å². The van der Waals surface area contributed by atoms with E-state index in [9.17, 15) is 17.6 Å². The van der Waals surface area contributed by atoms with Crippen LogP contribution in [-0.4, -0.2) is 31.1 Å². The van der Waals surface area contributed by atoms with Gasteiger partial charge in [0.25, 0.3) is 0 Å². The summed E-state index contributed by atoms with van der Waals surface area (Å²) in [5, 5.41) is 3.12. The Labute approximate surface area is 121 Å². The number of benzene rings is 1. The first-order valence-electron chi connectivity index (χ1n) is 6.34. The fourth-order valence-electron chi connectivity index (χ4n) is 2.52. The van der Waals surface area contributed by atoms with Crippen LogP contribution in [0, 0.1) is 23.3 Å². The average Bonchev–Trinajstić information content (AvgIpc) is 2.42. The lowest BCUT2D eigenvalue weighted by molar-refractivity contribution is 0.161. The molecule has 0 bridgehead atoms. The summed E-state index contributed by atoms with van der Waals surface area (Å²) in [5.74, 6) is -5.27. The Morgan fingerprint density at radius 3 is 2.05 bits per heavy atom. The maximum absolute atomic E-state index is 13.8. The minimum Gasteiger partial charge on any atom is -0.314 e. The van der Waals surface area contributed by atoms with E-state index in [2.05, 4.69) is 5.32 Å². The fraction of sp³-hybridized carbons (Fsp3) is 0.538. The van der Waals surface area contributed by atoms with Gasteiger partial charge in [-0.15, -0.1) is 12.4 Å². The van der Waals surface area contributed by atoms with Crippen molar-refractivity contribution in [2.45, 2.75) is 19.4 Å². The van der Waals surface area contributed by atoms with Crippen LogP contribution in [-0.2, 0) is 0 Å². The minimum absolute atomic E-state index is 0. The Morgan fingerprint density at radius 1 is 1.10 bits per heavy atom. The van der Waals surface area contributed by atoms with Crippen molar-refractivity contribution in [2.24, 2.45) is 0 Å². The molecule has 1 aromatic rings. The molecule has 0 amide bonds. The van der Waals surface area contributed by atoms with Gasteiger partial charge in [-0.3, -0.25) is 4.90 Å². The van der Waals surface area contributed by atoms with Crippen LogP contribution in [0.4, 0.5) is 17.6 Å². The van der Waals surface area contributed by atoms with Crippen LogP contribution in [0.2, 0.25) is 0 Å². The molecule has 2 rings (SSSR count). The Balaban J connectivity index is 0.00000200. The number of rotatable bonds is 3. The average molecular weight is 313 g/mol. The van der Waals surface area contributed by atoms with Crippen LogP contribution in [0.1, 0.15) is 24.9 Å². The van der Waals surface area contributed by atoms with Gasteiger partial charge in [0.05, 0.1) is 0 Å². The number of halogens is 5. The van der Waals surface area contributed by atoms with Crippen molar-refractivity contribution in [2.75, 3.05) is 26.2 Å². The molecule has 0 aromatic heterocycles. The molecule has 0 radical (unpaired) electrons. The Bertz CT molecular complexity index is 438. The van der Waals surface area contributed by atoms with Crippen molar-refractivity contribution < 1.29 is 17.6 Å². The predicted octanol–water partition coefficient (Wildman–Crippen LogP) is 3.02. The summed E-state index contributed by atoms with van der Waals surface area (Å²) in [6.45, 7) is 4.31. The first kappa shape index (κ1) is 17.2. The number of hydrogen-bond donors (Lipinski definition) is 1. The van der Waals surface area contributed by atoms with Crippen molar-refractivity contribution >= 4 is 12.4 Å². The number of piperazine rings is 1. The molecule has 1 aliphatic heterocycles. The van der Waals surface area contributed by atoms with Crippen LogP contribution in [0.25, 0.3) is 0 Å². The molecule has 1 aliphatic rings. The first-order valence-corrected chi connectivity index (χ1v) is 6.34. The molecule has 0 spiro atoms. The summed E-state index contributed by atoms with van der Waals surface area (Å²) < 4.78 is 54.2.